The van der Waals surface area contributed by atoms with Crippen LogP contribution in [0.3, 0.4) is 0 Å². The second-order valence-electron chi connectivity index (χ2n) is 7.90. The minimum Gasteiger partial charge on any atom is -0.504 e. The third-order valence-electron chi connectivity index (χ3n) is 5.00. The van der Waals surface area contributed by atoms with E-state index in [-0.39, 0.29) is 16.4 Å². The molecular weight excluding hydrogens is 454 g/mol. The van der Waals surface area contributed by atoms with Crippen molar-refractivity contribution >= 4 is 27.8 Å². The number of carbonyl (C=O) groups is 1. The number of aryl methyl sites for hydroxylation is 3. The molecule has 0 spiro atoms. The lowest BCUT2D eigenvalue weighted by atomic mass is 10.1. The van der Waals surface area contributed by atoms with Crippen LogP contribution in [-0.2, 0) is 14.8 Å². The first-order valence-corrected chi connectivity index (χ1v) is 11.9. The number of ether oxygens (including phenoxy) is 1. The maximum absolute atomic E-state index is 13.5. The van der Waals surface area contributed by atoms with Gasteiger partial charge in [0.05, 0.1) is 23.9 Å². The van der Waals surface area contributed by atoms with E-state index in [0.717, 1.165) is 21.0 Å². The van der Waals surface area contributed by atoms with Gasteiger partial charge in [-0.05, 0) is 79.9 Å². The number of rotatable bonds is 8. The number of carbonyl (C=O) groups excluding carboxylic acids is 1. The number of phenols is 1. The fraction of sp³-hybridized carbons (Fsp3) is 0.200. The molecular formula is C25H27N3O5S. The monoisotopic (exact) mass is 481 g/mol. The van der Waals surface area contributed by atoms with Crippen LogP contribution in [-0.4, -0.2) is 39.3 Å². The zero-order chi connectivity index (χ0) is 24.9. The van der Waals surface area contributed by atoms with E-state index in [1.165, 1.54) is 31.5 Å². The Morgan fingerprint density at radius 2 is 1.65 bits per heavy atom. The molecule has 34 heavy (non-hydrogen) atoms. The van der Waals surface area contributed by atoms with Crippen molar-refractivity contribution in [2.45, 2.75) is 25.7 Å². The van der Waals surface area contributed by atoms with Gasteiger partial charge in [0.15, 0.2) is 11.5 Å². The Bertz CT molecular complexity index is 1300. The topological polar surface area (TPSA) is 108 Å². The quantitative estimate of drug-likeness (QED) is 0.377. The molecule has 3 rings (SSSR count). The molecule has 0 atom stereocenters. The Labute approximate surface area is 199 Å². The van der Waals surface area contributed by atoms with Crippen LogP contribution in [0.5, 0.6) is 11.5 Å². The summed E-state index contributed by atoms with van der Waals surface area (Å²) in [5, 5.41) is 13.6. The predicted molar refractivity (Wildman–Crippen MR) is 132 cm³/mol. The fourth-order valence-electron chi connectivity index (χ4n) is 3.37. The maximum Gasteiger partial charge on any atom is 0.264 e. The van der Waals surface area contributed by atoms with Gasteiger partial charge in [-0.25, -0.2) is 13.8 Å². The van der Waals surface area contributed by atoms with E-state index in [4.69, 9.17) is 4.74 Å². The number of hydrogen-bond acceptors (Lipinski definition) is 6. The first-order chi connectivity index (χ1) is 16.1. The van der Waals surface area contributed by atoms with Crippen molar-refractivity contribution in [1.29, 1.82) is 0 Å². The lowest BCUT2D eigenvalue weighted by molar-refractivity contribution is -0.119. The van der Waals surface area contributed by atoms with Crippen LogP contribution < -0.4 is 14.5 Å². The van der Waals surface area contributed by atoms with E-state index in [0.29, 0.717) is 11.3 Å². The zero-order valence-corrected chi connectivity index (χ0v) is 20.3. The summed E-state index contributed by atoms with van der Waals surface area (Å²) in [6, 6.07) is 16.4. The third-order valence-corrected chi connectivity index (χ3v) is 6.79. The highest BCUT2D eigenvalue weighted by Crippen LogP contribution is 2.27. The van der Waals surface area contributed by atoms with Crippen LogP contribution in [0, 0.1) is 20.8 Å². The van der Waals surface area contributed by atoms with Crippen LogP contribution in [0.4, 0.5) is 5.69 Å². The summed E-state index contributed by atoms with van der Waals surface area (Å²) in [6.07, 6.45) is 1.37. The Kier molecular flexibility index (Phi) is 7.57. The molecule has 0 unspecified atom stereocenters. The first kappa shape index (κ1) is 24.8. The highest BCUT2D eigenvalue weighted by atomic mass is 32.2. The summed E-state index contributed by atoms with van der Waals surface area (Å²) in [5.41, 5.74) is 6.01. The van der Waals surface area contributed by atoms with E-state index in [9.17, 15) is 18.3 Å². The van der Waals surface area contributed by atoms with E-state index < -0.39 is 22.5 Å². The average molecular weight is 482 g/mol. The summed E-state index contributed by atoms with van der Waals surface area (Å²) >= 11 is 0. The van der Waals surface area contributed by atoms with Gasteiger partial charge in [-0.1, -0.05) is 23.8 Å². The second kappa shape index (κ2) is 10.4. The van der Waals surface area contributed by atoms with Crippen LogP contribution in [0.25, 0.3) is 0 Å². The molecule has 8 nitrogen and oxygen atoms in total. The highest BCUT2D eigenvalue weighted by molar-refractivity contribution is 7.92. The van der Waals surface area contributed by atoms with E-state index in [2.05, 4.69) is 10.5 Å². The second-order valence-corrected chi connectivity index (χ2v) is 9.76. The number of phenolic OH excluding ortho intramolecular Hbond substituents is 1. The number of hydrogen-bond donors (Lipinski definition) is 2. The van der Waals surface area contributed by atoms with Crippen LogP contribution in [0.2, 0.25) is 0 Å². The first-order valence-electron chi connectivity index (χ1n) is 10.5. The number of nitrogens with zero attached hydrogens (tertiary/aromatic N) is 2. The van der Waals surface area contributed by atoms with Gasteiger partial charge in [-0.3, -0.25) is 9.10 Å². The molecule has 0 aromatic heterocycles. The Hall–Kier alpha value is -3.85. The van der Waals surface area contributed by atoms with Gasteiger partial charge in [-0.15, -0.1) is 0 Å². The van der Waals surface area contributed by atoms with E-state index in [1.54, 1.807) is 36.4 Å². The fourth-order valence-corrected chi connectivity index (χ4v) is 4.77. The molecule has 0 fully saturated rings. The molecule has 3 aromatic carbocycles. The van der Waals surface area contributed by atoms with Gasteiger partial charge in [0, 0.05) is 0 Å². The van der Waals surface area contributed by atoms with Gasteiger partial charge < -0.3 is 9.84 Å². The van der Waals surface area contributed by atoms with Crippen molar-refractivity contribution in [3.05, 3.63) is 82.9 Å². The molecule has 3 aromatic rings. The number of aromatic hydroxyl groups is 1. The van der Waals surface area contributed by atoms with Crippen molar-refractivity contribution in [1.82, 2.24) is 5.43 Å². The molecule has 0 bridgehead atoms. The Morgan fingerprint density at radius 1 is 1.00 bits per heavy atom. The van der Waals surface area contributed by atoms with Crippen molar-refractivity contribution < 1.29 is 23.1 Å². The Morgan fingerprint density at radius 3 is 2.26 bits per heavy atom. The predicted octanol–water partition coefficient (Wildman–Crippen LogP) is 3.67. The smallest absolute Gasteiger partial charge is 0.264 e. The SMILES string of the molecule is COc1cc(/C=N\NC(=O)CN(c2cc(C)cc(C)c2)S(=O)(=O)c2ccc(C)cc2)ccc1O. The van der Waals surface area contributed by atoms with Crippen LogP contribution >= 0.6 is 0 Å². The molecule has 178 valence electrons. The summed E-state index contributed by atoms with van der Waals surface area (Å²) in [6.45, 7) is 5.13. The Balaban J connectivity index is 1.86. The molecule has 0 heterocycles. The van der Waals surface area contributed by atoms with Gasteiger partial charge in [0.1, 0.15) is 6.54 Å². The molecule has 0 saturated heterocycles. The number of sulfonamides is 1. The van der Waals surface area contributed by atoms with Gasteiger partial charge in [-0.2, -0.15) is 5.10 Å². The molecule has 2 N–H and O–H groups in total. The number of nitrogens with one attached hydrogen (secondary N) is 1. The summed E-state index contributed by atoms with van der Waals surface area (Å²) in [7, 11) is -2.59. The molecule has 0 radical (unpaired) electrons. The standard InChI is InChI=1S/C25H27N3O5S/c1-17-5-8-22(9-6-17)34(31,32)28(21-12-18(2)11-19(3)13-21)16-25(30)27-26-15-20-7-10-23(29)24(14-20)33-4/h5-15,29H,16H2,1-4H3,(H,27,30)/b26-15-. The summed E-state index contributed by atoms with van der Waals surface area (Å²) < 4.78 is 33.1. The average Bonchev–Trinajstić information content (AvgIpc) is 2.78. The lowest BCUT2D eigenvalue weighted by Crippen LogP contribution is -2.39. The normalized spacial score (nSPS) is 11.4. The summed E-state index contributed by atoms with van der Waals surface area (Å²) in [4.78, 5) is 12.8. The van der Waals surface area contributed by atoms with Crippen LogP contribution in [0.15, 0.2) is 70.7 Å². The van der Waals surface area contributed by atoms with E-state index in [1.807, 2.05) is 26.8 Å². The van der Waals surface area contributed by atoms with Crippen molar-refractivity contribution in [3.63, 3.8) is 0 Å². The number of hydrazone groups is 1. The van der Waals surface area contributed by atoms with Crippen molar-refractivity contribution in [2.75, 3.05) is 18.0 Å². The van der Waals surface area contributed by atoms with Crippen molar-refractivity contribution in [2.24, 2.45) is 5.10 Å². The minimum absolute atomic E-state index is 0.0194. The molecule has 0 saturated carbocycles. The van der Waals surface area contributed by atoms with Gasteiger partial charge in [0.2, 0.25) is 0 Å². The number of benzene rings is 3. The molecule has 1 amide bonds. The number of methoxy groups -OCH3 is 1. The van der Waals surface area contributed by atoms with E-state index >= 15 is 0 Å². The van der Waals surface area contributed by atoms with Crippen LogP contribution in [0.1, 0.15) is 22.3 Å². The number of amides is 1. The molecule has 0 aliphatic rings. The summed E-state index contributed by atoms with van der Waals surface area (Å²) in [5.74, 6) is -0.369. The molecule has 9 heteroatoms. The largest absolute Gasteiger partial charge is 0.504 e. The molecule has 0 aliphatic carbocycles. The molecule has 0 aliphatic heterocycles. The van der Waals surface area contributed by atoms with Gasteiger partial charge >= 0.3 is 0 Å². The highest BCUT2D eigenvalue weighted by Gasteiger charge is 2.27. The minimum atomic E-state index is -4.01. The lowest BCUT2D eigenvalue weighted by Gasteiger charge is -2.24. The zero-order valence-electron chi connectivity index (χ0n) is 19.4. The number of anilines is 1. The maximum atomic E-state index is 13.5. The van der Waals surface area contributed by atoms with Gasteiger partial charge in [0.25, 0.3) is 15.9 Å². The van der Waals surface area contributed by atoms with Crippen molar-refractivity contribution in [3.8, 4) is 11.5 Å². The third kappa shape index (κ3) is 5.93.